The molecule has 3 rings (SSSR count). The zero-order chi connectivity index (χ0) is 20.3. The first-order valence-corrected chi connectivity index (χ1v) is 9.02. The van der Waals surface area contributed by atoms with Crippen LogP contribution in [-0.4, -0.2) is 22.3 Å². The van der Waals surface area contributed by atoms with Crippen LogP contribution in [0.1, 0.15) is 15.9 Å². The van der Waals surface area contributed by atoms with Gasteiger partial charge >= 0.3 is 6.61 Å². The summed E-state index contributed by atoms with van der Waals surface area (Å²) in [6.07, 6.45) is 1.42. The highest BCUT2D eigenvalue weighted by atomic mass is 79.9. The van der Waals surface area contributed by atoms with Crippen molar-refractivity contribution in [2.45, 2.75) is 13.2 Å². The second-order valence-corrected chi connectivity index (χ2v) is 6.91. The van der Waals surface area contributed by atoms with Gasteiger partial charge in [0, 0.05) is 16.2 Å². The Morgan fingerprint density at radius 2 is 2.04 bits per heavy atom. The van der Waals surface area contributed by atoms with E-state index in [1.807, 2.05) is 0 Å². The van der Waals surface area contributed by atoms with Crippen molar-refractivity contribution in [3.63, 3.8) is 0 Å². The molecular formula is C18H12BrClF3N3O2. The number of rotatable bonds is 6. The highest BCUT2D eigenvalue weighted by molar-refractivity contribution is 9.10. The molecule has 1 aromatic heterocycles. The lowest BCUT2D eigenvalue weighted by atomic mass is 10.2. The smallest absolute Gasteiger partial charge is 0.387 e. The topological polar surface area (TPSA) is 56.2 Å². The molecule has 10 heteroatoms. The van der Waals surface area contributed by atoms with Crippen molar-refractivity contribution in [1.29, 1.82) is 0 Å². The molecular weight excluding hydrogens is 463 g/mol. The van der Waals surface area contributed by atoms with Gasteiger partial charge in [-0.3, -0.25) is 9.48 Å². The molecule has 0 aliphatic heterocycles. The first kappa shape index (κ1) is 20.2. The molecule has 0 spiro atoms. The Morgan fingerprint density at radius 3 is 2.75 bits per heavy atom. The Hall–Kier alpha value is -2.52. The molecule has 1 heterocycles. The molecule has 2 aromatic carbocycles. The maximum absolute atomic E-state index is 13.8. The minimum absolute atomic E-state index is 0.00554. The number of nitrogens with one attached hydrogen (secondary N) is 1. The molecule has 1 amide bonds. The first-order chi connectivity index (χ1) is 13.3. The van der Waals surface area contributed by atoms with Crippen LogP contribution in [0.15, 0.2) is 53.1 Å². The summed E-state index contributed by atoms with van der Waals surface area (Å²) in [5.74, 6) is -1.43. The number of aromatic nitrogens is 2. The van der Waals surface area contributed by atoms with Gasteiger partial charge < -0.3 is 10.1 Å². The maximum Gasteiger partial charge on any atom is 0.387 e. The number of hydrogen-bond acceptors (Lipinski definition) is 3. The summed E-state index contributed by atoms with van der Waals surface area (Å²) >= 11 is 9.26. The number of ether oxygens (including phenoxy) is 1. The number of benzene rings is 2. The zero-order valence-corrected chi connectivity index (χ0v) is 16.3. The normalized spacial score (nSPS) is 10.9. The van der Waals surface area contributed by atoms with Crippen LogP contribution in [-0.2, 0) is 6.54 Å². The Morgan fingerprint density at radius 1 is 1.29 bits per heavy atom. The monoisotopic (exact) mass is 473 g/mol. The standard InChI is InChI=1S/C18H12BrClF3N3O2/c19-11-5-6-15(28-18(22)23)12(7-11)17(27)24-16-13(20)9-26(25-16)8-10-3-1-2-4-14(10)21/h1-7,9,18H,8H2,(H,24,25,27). The van der Waals surface area contributed by atoms with Crippen molar-refractivity contribution in [2.75, 3.05) is 5.32 Å². The van der Waals surface area contributed by atoms with E-state index in [0.29, 0.717) is 10.0 Å². The average molecular weight is 475 g/mol. The van der Waals surface area contributed by atoms with Crippen LogP contribution < -0.4 is 10.1 Å². The van der Waals surface area contributed by atoms with Crippen LogP contribution in [0.25, 0.3) is 0 Å². The largest absolute Gasteiger partial charge is 0.434 e. The van der Waals surface area contributed by atoms with E-state index in [1.165, 1.54) is 35.1 Å². The van der Waals surface area contributed by atoms with Crippen LogP contribution in [0.4, 0.5) is 19.0 Å². The van der Waals surface area contributed by atoms with Gasteiger partial charge in [0.1, 0.15) is 16.6 Å². The predicted octanol–water partition coefficient (Wildman–Crippen LogP) is 5.34. The maximum atomic E-state index is 13.8. The minimum atomic E-state index is -3.09. The van der Waals surface area contributed by atoms with Crippen LogP contribution >= 0.6 is 27.5 Å². The van der Waals surface area contributed by atoms with Crippen LogP contribution in [0.5, 0.6) is 5.75 Å². The average Bonchev–Trinajstić information content (AvgIpc) is 2.97. The lowest BCUT2D eigenvalue weighted by molar-refractivity contribution is -0.0501. The number of hydrogen-bond donors (Lipinski definition) is 1. The van der Waals surface area contributed by atoms with Crippen LogP contribution in [0, 0.1) is 5.82 Å². The minimum Gasteiger partial charge on any atom is -0.434 e. The molecule has 0 aliphatic carbocycles. The van der Waals surface area contributed by atoms with E-state index < -0.39 is 18.3 Å². The molecule has 0 saturated heterocycles. The van der Waals surface area contributed by atoms with E-state index in [1.54, 1.807) is 18.2 Å². The number of carbonyl (C=O) groups is 1. The molecule has 0 aliphatic rings. The lowest BCUT2D eigenvalue weighted by Crippen LogP contribution is -2.16. The summed E-state index contributed by atoms with van der Waals surface area (Å²) in [6.45, 7) is -2.99. The molecule has 146 valence electrons. The van der Waals surface area contributed by atoms with Crippen molar-refractivity contribution in [2.24, 2.45) is 0 Å². The van der Waals surface area contributed by atoms with Gasteiger partial charge in [-0.1, -0.05) is 45.7 Å². The number of halogens is 5. The van der Waals surface area contributed by atoms with E-state index in [0.717, 1.165) is 0 Å². The molecule has 28 heavy (non-hydrogen) atoms. The fourth-order valence-corrected chi connectivity index (χ4v) is 2.98. The summed E-state index contributed by atoms with van der Waals surface area (Å²) in [6, 6.07) is 10.2. The van der Waals surface area contributed by atoms with E-state index in [2.05, 4.69) is 31.1 Å². The summed E-state index contributed by atoms with van der Waals surface area (Å²) in [4.78, 5) is 12.5. The SMILES string of the molecule is O=C(Nc1nn(Cc2ccccc2F)cc1Cl)c1cc(Br)ccc1OC(F)F. The second-order valence-electron chi connectivity index (χ2n) is 5.59. The summed E-state index contributed by atoms with van der Waals surface area (Å²) in [5.41, 5.74) is 0.258. The fraction of sp³-hybridized carbons (Fsp3) is 0.111. The Balaban J connectivity index is 1.81. The zero-order valence-electron chi connectivity index (χ0n) is 14.0. The highest BCUT2D eigenvalue weighted by Gasteiger charge is 2.19. The lowest BCUT2D eigenvalue weighted by Gasteiger charge is -2.11. The second kappa shape index (κ2) is 8.66. The summed E-state index contributed by atoms with van der Waals surface area (Å²) < 4.78 is 45.1. The van der Waals surface area contributed by atoms with Crippen molar-refractivity contribution < 1.29 is 22.7 Å². The Bertz CT molecular complexity index is 1010. The molecule has 5 nitrogen and oxygen atoms in total. The number of carbonyl (C=O) groups excluding carboxylic acids is 1. The highest BCUT2D eigenvalue weighted by Crippen LogP contribution is 2.27. The van der Waals surface area contributed by atoms with Crippen LogP contribution in [0.3, 0.4) is 0 Å². The summed E-state index contributed by atoms with van der Waals surface area (Å²) in [7, 11) is 0. The van der Waals surface area contributed by atoms with Gasteiger partial charge in [-0.2, -0.15) is 13.9 Å². The molecule has 0 bridgehead atoms. The molecule has 0 atom stereocenters. The molecule has 3 aromatic rings. The molecule has 0 radical (unpaired) electrons. The molecule has 1 N–H and O–H groups in total. The first-order valence-electron chi connectivity index (χ1n) is 7.85. The van der Waals surface area contributed by atoms with Gasteiger partial charge in [0.25, 0.3) is 5.91 Å². The molecule has 0 saturated carbocycles. The van der Waals surface area contributed by atoms with E-state index >= 15 is 0 Å². The predicted molar refractivity (Wildman–Crippen MR) is 101 cm³/mol. The van der Waals surface area contributed by atoms with Crippen molar-refractivity contribution in [3.8, 4) is 5.75 Å². The van der Waals surface area contributed by atoms with Crippen LogP contribution in [0.2, 0.25) is 5.02 Å². The van der Waals surface area contributed by atoms with Gasteiger partial charge in [-0.25, -0.2) is 4.39 Å². The summed E-state index contributed by atoms with van der Waals surface area (Å²) in [5, 5.41) is 6.66. The van der Waals surface area contributed by atoms with Crippen molar-refractivity contribution in [3.05, 3.63) is 75.1 Å². The number of anilines is 1. The third kappa shape index (κ3) is 4.85. The van der Waals surface area contributed by atoms with Gasteiger partial charge in [0.15, 0.2) is 5.82 Å². The van der Waals surface area contributed by atoms with Gasteiger partial charge in [0.05, 0.1) is 12.1 Å². The third-order valence-corrected chi connectivity index (χ3v) is 4.41. The molecule has 0 unspecified atom stereocenters. The van der Waals surface area contributed by atoms with Gasteiger partial charge in [-0.05, 0) is 24.3 Å². The Kier molecular flexibility index (Phi) is 6.25. The Labute approximate surface area is 171 Å². The van der Waals surface area contributed by atoms with Crippen molar-refractivity contribution in [1.82, 2.24) is 9.78 Å². The van der Waals surface area contributed by atoms with E-state index in [4.69, 9.17) is 11.6 Å². The van der Waals surface area contributed by atoms with Gasteiger partial charge in [-0.15, -0.1) is 0 Å². The number of nitrogens with zero attached hydrogens (tertiary/aromatic N) is 2. The molecule has 0 fully saturated rings. The van der Waals surface area contributed by atoms with E-state index in [-0.39, 0.29) is 28.7 Å². The quantitative estimate of drug-likeness (QED) is 0.525. The van der Waals surface area contributed by atoms with Gasteiger partial charge in [0.2, 0.25) is 0 Å². The third-order valence-electron chi connectivity index (χ3n) is 3.64. The number of amides is 1. The fourth-order valence-electron chi connectivity index (χ4n) is 2.42. The van der Waals surface area contributed by atoms with E-state index in [9.17, 15) is 18.0 Å². The van der Waals surface area contributed by atoms with Crippen molar-refractivity contribution >= 4 is 39.3 Å². The number of alkyl halides is 2.